The second-order valence-electron chi connectivity index (χ2n) is 7.70. The average molecular weight is 367 g/mol. The first kappa shape index (κ1) is 19.8. The van der Waals surface area contributed by atoms with Crippen molar-refractivity contribution in [1.82, 2.24) is 0 Å². The highest BCUT2D eigenvalue weighted by Crippen LogP contribution is 2.45. The fourth-order valence-corrected chi connectivity index (χ4v) is 3.95. The molecule has 1 aliphatic carbocycles. The van der Waals surface area contributed by atoms with Crippen LogP contribution >= 0.6 is 0 Å². The number of aliphatic hydroxyl groups excluding tert-OH is 1. The highest BCUT2D eigenvalue weighted by Gasteiger charge is 2.46. The van der Waals surface area contributed by atoms with E-state index in [4.69, 9.17) is 9.47 Å². The van der Waals surface area contributed by atoms with E-state index in [-0.39, 0.29) is 24.0 Å². The normalized spacial score (nSPS) is 25.5. The van der Waals surface area contributed by atoms with E-state index in [0.29, 0.717) is 19.8 Å². The Labute approximate surface area is 162 Å². The van der Waals surface area contributed by atoms with Crippen LogP contribution in [-0.2, 0) is 22.7 Å². The van der Waals surface area contributed by atoms with Gasteiger partial charge < -0.3 is 14.6 Å². The fourth-order valence-electron chi connectivity index (χ4n) is 3.95. The standard InChI is InChI=1S/C24H30O3/c1-19-13-14-23(27-16-21-11-7-4-8-12-21)24(2,18-25)22(19)17-26-15-20-9-5-3-6-10-20/h3-12,22-23,25H,1,13-18H2,2H3/t22-,23-,24-/m0/s1. The van der Waals surface area contributed by atoms with Gasteiger partial charge in [0.1, 0.15) is 0 Å². The smallest absolute Gasteiger partial charge is 0.0720 e. The molecule has 3 nitrogen and oxygen atoms in total. The van der Waals surface area contributed by atoms with Gasteiger partial charge in [0.2, 0.25) is 0 Å². The van der Waals surface area contributed by atoms with Gasteiger partial charge >= 0.3 is 0 Å². The highest BCUT2D eigenvalue weighted by molar-refractivity contribution is 5.16. The molecule has 0 heterocycles. The number of rotatable bonds is 8. The van der Waals surface area contributed by atoms with E-state index >= 15 is 0 Å². The molecule has 1 fully saturated rings. The van der Waals surface area contributed by atoms with Gasteiger partial charge in [-0.05, 0) is 24.0 Å². The molecule has 144 valence electrons. The lowest BCUT2D eigenvalue weighted by atomic mass is 9.64. The summed E-state index contributed by atoms with van der Waals surface area (Å²) in [6.07, 6.45) is 1.78. The van der Waals surface area contributed by atoms with Gasteiger partial charge in [0, 0.05) is 11.3 Å². The molecule has 0 spiro atoms. The Morgan fingerprint density at radius 3 is 2.19 bits per heavy atom. The summed E-state index contributed by atoms with van der Waals surface area (Å²) in [5, 5.41) is 10.2. The van der Waals surface area contributed by atoms with Gasteiger partial charge in [-0.1, -0.05) is 79.7 Å². The van der Waals surface area contributed by atoms with Crippen LogP contribution in [0, 0.1) is 11.3 Å². The molecule has 3 atom stereocenters. The van der Waals surface area contributed by atoms with Crippen LogP contribution in [0.4, 0.5) is 0 Å². The minimum absolute atomic E-state index is 0.0152. The minimum Gasteiger partial charge on any atom is -0.396 e. The van der Waals surface area contributed by atoms with Crippen molar-refractivity contribution in [3.63, 3.8) is 0 Å². The quantitative estimate of drug-likeness (QED) is 0.685. The van der Waals surface area contributed by atoms with Gasteiger partial charge in [0.25, 0.3) is 0 Å². The van der Waals surface area contributed by atoms with Gasteiger partial charge in [0.15, 0.2) is 0 Å². The van der Waals surface area contributed by atoms with E-state index in [0.717, 1.165) is 29.5 Å². The van der Waals surface area contributed by atoms with E-state index in [1.165, 1.54) is 0 Å². The van der Waals surface area contributed by atoms with Crippen LogP contribution in [0.1, 0.15) is 30.9 Å². The van der Waals surface area contributed by atoms with Crippen LogP contribution in [0.2, 0.25) is 0 Å². The van der Waals surface area contributed by atoms with E-state index < -0.39 is 0 Å². The Kier molecular flexibility index (Phi) is 6.84. The first-order valence-corrected chi connectivity index (χ1v) is 9.69. The molecule has 2 aromatic carbocycles. The summed E-state index contributed by atoms with van der Waals surface area (Å²) >= 11 is 0. The van der Waals surface area contributed by atoms with Crippen molar-refractivity contribution in [3.05, 3.63) is 83.9 Å². The zero-order valence-electron chi connectivity index (χ0n) is 16.1. The van der Waals surface area contributed by atoms with E-state index in [1.807, 2.05) is 36.4 Å². The molecule has 0 aromatic heterocycles. The zero-order chi connectivity index (χ0) is 19.1. The maximum absolute atomic E-state index is 10.2. The predicted octanol–water partition coefficient (Wildman–Crippen LogP) is 4.75. The molecule has 3 rings (SSSR count). The lowest BCUT2D eigenvalue weighted by Crippen LogP contribution is -2.49. The maximum Gasteiger partial charge on any atom is 0.0720 e. The average Bonchev–Trinajstić information content (AvgIpc) is 2.71. The van der Waals surface area contributed by atoms with Crippen molar-refractivity contribution in [2.45, 2.75) is 39.1 Å². The largest absolute Gasteiger partial charge is 0.396 e. The summed E-state index contributed by atoms with van der Waals surface area (Å²) in [4.78, 5) is 0. The van der Waals surface area contributed by atoms with Crippen molar-refractivity contribution >= 4 is 0 Å². The third kappa shape index (κ3) is 4.86. The fraction of sp³-hybridized carbons (Fsp3) is 0.417. The van der Waals surface area contributed by atoms with Crippen LogP contribution in [0.5, 0.6) is 0 Å². The van der Waals surface area contributed by atoms with Crippen LogP contribution in [0.15, 0.2) is 72.8 Å². The molecule has 0 aliphatic heterocycles. The molecular weight excluding hydrogens is 336 g/mol. The Balaban J connectivity index is 1.63. The van der Waals surface area contributed by atoms with Crippen LogP contribution < -0.4 is 0 Å². The Morgan fingerprint density at radius 1 is 1.00 bits per heavy atom. The summed E-state index contributed by atoms with van der Waals surface area (Å²) in [5.41, 5.74) is 3.07. The second-order valence-corrected chi connectivity index (χ2v) is 7.70. The SMILES string of the molecule is C=C1CC[C@H](OCc2ccccc2)[C@@](C)(CO)[C@H]1COCc1ccccc1. The molecule has 3 heteroatoms. The van der Waals surface area contributed by atoms with Crippen molar-refractivity contribution in [2.75, 3.05) is 13.2 Å². The van der Waals surface area contributed by atoms with E-state index in [9.17, 15) is 5.11 Å². The number of aliphatic hydroxyl groups is 1. The third-order valence-corrected chi connectivity index (χ3v) is 5.78. The zero-order valence-corrected chi connectivity index (χ0v) is 16.1. The first-order valence-electron chi connectivity index (χ1n) is 9.69. The Bertz CT molecular complexity index is 713. The highest BCUT2D eigenvalue weighted by atomic mass is 16.5. The van der Waals surface area contributed by atoms with E-state index in [2.05, 4.69) is 37.8 Å². The lowest BCUT2D eigenvalue weighted by molar-refractivity contribution is -0.117. The summed E-state index contributed by atoms with van der Waals surface area (Å²) < 4.78 is 12.3. The molecule has 1 N–H and O–H groups in total. The molecular formula is C24H30O3. The second kappa shape index (κ2) is 9.32. The van der Waals surface area contributed by atoms with Gasteiger partial charge in [-0.3, -0.25) is 0 Å². The van der Waals surface area contributed by atoms with E-state index in [1.54, 1.807) is 0 Å². The number of benzene rings is 2. The molecule has 0 radical (unpaired) electrons. The predicted molar refractivity (Wildman–Crippen MR) is 108 cm³/mol. The third-order valence-electron chi connectivity index (χ3n) is 5.78. The van der Waals surface area contributed by atoms with Gasteiger partial charge in [-0.2, -0.15) is 0 Å². The molecule has 0 amide bonds. The summed E-state index contributed by atoms with van der Waals surface area (Å²) in [7, 11) is 0. The molecule has 1 saturated carbocycles. The number of hydrogen-bond acceptors (Lipinski definition) is 3. The molecule has 0 saturated heterocycles. The van der Waals surface area contributed by atoms with Crippen molar-refractivity contribution in [3.8, 4) is 0 Å². The maximum atomic E-state index is 10.2. The molecule has 0 bridgehead atoms. The molecule has 2 aromatic rings. The van der Waals surface area contributed by atoms with Gasteiger partial charge in [-0.25, -0.2) is 0 Å². The number of hydrogen-bond donors (Lipinski definition) is 1. The molecule has 27 heavy (non-hydrogen) atoms. The van der Waals surface area contributed by atoms with Gasteiger partial charge in [-0.15, -0.1) is 0 Å². The summed E-state index contributed by atoms with van der Waals surface area (Å²) in [6, 6.07) is 20.3. The lowest BCUT2D eigenvalue weighted by Gasteiger charge is -2.47. The molecule has 0 unspecified atom stereocenters. The monoisotopic (exact) mass is 366 g/mol. The summed E-state index contributed by atoms with van der Waals surface area (Å²) in [6.45, 7) is 8.12. The van der Waals surface area contributed by atoms with Crippen LogP contribution in [0.3, 0.4) is 0 Å². The van der Waals surface area contributed by atoms with Gasteiger partial charge in [0.05, 0.1) is 32.5 Å². The topological polar surface area (TPSA) is 38.7 Å². The van der Waals surface area contributed by atoms with Crippen LogP contribution in [-0.4, -0.2) is 24.4 Å². The van der Waals surface area contributed by atoms with Crippen LogP contribution in [0.25, 0.3) is 0 Å². The number of ether oxygens (including phenoxy) is 2. The van der Waals surface area contributed by atoms with Crippen molar-refractivity contribution < 1.29 is 14.6 Å². The Morgan fingerprint density at radius 2 is 1.59 bits per heavy atom. The minimum atomic E-state index is -0.388. The molecule has 1 aliphatic rings. The summed E-state index contributed by atoms with van der Waals surface area (Å²) in [5.74, 6) is 0.0840. The first-order chi connectivity index (χ1) is 13.1. The van der Waals surface area contributed by atoms with Crippen molar-refractivity contribution in [2.24, 2.45) is 11.3 Å². The van der Waals surface area contributed by atoms with Crippen molar-refractivity contribution in [1.29, 1.82) is 0 Å². The Hall–Kier alpha value is -1.94.